The van der Waals surface area contributed by atoms with Gasteiger partial charge >= 0.3 is 0 Å². The van der Waals surface area contributed by atoms with Crippen molar-refractivity contribution in [1.82, 2.24) is 4.57 Å². The van der Waals surface area contributed by atoms with Crippen molar-refractivity contribution < 1.29 is 13.5 Å². The number of hydrogen-bond donors (Lipinski definition) is 1. The quantitative estimate of drug-likeness (QED) is 0.843. The Kier molecular flexibility index (Phi) is 3.42. The van der Waals surface area contributed by atoms with E-state index in [1.165, 1.54) is 6.07 Å². The van der Waals surface area contributed by atoms with Crippen LogP contribution in [0.1, 0.15) is 19.4 Å². The molecule has 5 nitrogen and oxygen atoms in total. The molecule has 6 heteroatoms. The molecule has 0 spiro atoms. The fraction of sp³-hybridized carbons (Fsp3) is 0.500. The Hall–Kier alpha value is -1.30. The average molecular weight is 245 g/mol. The summed E-state index contributed by atoms with van der Waals surface area (Å²) in [5, 5.41) is 9.56. The maximum atomic E-state index is 11.9. The fourth-order valence-corrected chi connectivity index (χ4v) is 2.74. The molecule has 0 saturated heterocycles. The molecule has 0 amide bonds. The van der Waals surface area contributed by atoms with Crippen LogP contribution in [0.15, 0.2) is 15.8 Å². The van der Waals surface area contributed by atoms with E-state index < -0.39 is 15.4 Å². The molecule has 0 radical (unpaired) electrons. The van der Waals surface area contributed by atoms with Gasteiger partial charge in [-0.1, -0.05) is 6.92 Å². The van der Waals surface area contributed by atoms with Gasteiger partial charge in [-0.15, -0.1) is 0 Å². The van der Waals surface area contributed by atoms with E-state index in [9.17, 15) is 18.3 Å². The zero-order valence-corrected chi connectivity index (χ0v) is 10.3. The van der Waals surface area contributed by atoms with E-state index in [2.05, 4.69) is 0 Å². The van der Waals surface area contributed by atoms with Crippen LogP contribution in [0.25, 0.3) is 0 Å². The van der Waals surface area contributed by atoms with Gasteiger partial charge in [0.05, 0.1) is 0 Å². The zero-order valence-electron chi connectivity index (χ0n) is 9.52. The Labute approximate surface area is 94.3 Å². The Morgan fingerprint density at radius 1 is 1.38 bits per heavy atom. The second-order valence-electron chi connectivity index (χ2n) is 3.53. The first kappa shape index (κ1) is 12.8. The molecule has 0 saturated carbocycles. The van der Waals surface area contributed by atoms with Crippen LogP contribution in [0, 0.1) is 0 Å². The molecule has 1 heterocycles. The van der Waals surface area contributed by atoms with Crippen LogP contribution in [-0.2, 0) is 22.8 Å². The van der Waals surface area contributed by atoms with Crippen LogP contribution in [0.2, 0.25) is 0 Å². The molecule has 16 heavy (non-hydrogen) atoms. The molecular weight excluding hydrogens is 230 g/mol. The molecule has 0 fully saturated rings. The van der Waals surface area contributed by atoms with Crippen molar-refractivity contribution in [1.29, 1.82) is 0 Å². The van der Waals surface area contributed by atoms with Gasteiger partial charge in [0.15, 0.2) is 15.7 Å². The lowest BCUT2D eigenvalue weighted by Crippen LogP contribution is -2.26. The van der Waals surface area contributed by atoms with Crippen molar-refractivity contribution >= 4 is 9.84 Å². The molecule has 0 bridgehead atoms. The van der Waals surface area contributed by atoms with Crippen LogP contribution in [0.4, 0.5) is 0 Å². The third-order valence-corrected chi connectivity index (χ3v) is 3.56. The van der Waals surface area contributed by atoms with E-state index in [0.29, 0.717) is 12.0 Å². The van der Waals surface area contributed by atoms with E-state index >= 15 is 0 Å². The summed E-state index contributed by atoms with van der Waals surface area (Å²) in [6.07, 6.45) is 1.38. The summed E-state index contributed by atoms with van der Waals surface area (Å²) in [6.45, 7) is 3.63. The molecule has 1 aromatic heterocycles. The minimum atomic E-state index is -3.57. The summed E-state index contributed by atoms with van der Waals surface area (Å²) in [4.78, 5) is 11.7. The van der Waals surface area contributed by atoms with Crippen molar-refractivity contribution in [3.05, 3.63) is 22.0 Å². The van der Waals surface area contributed by atoms with Gasteiger partial charge in [-0.05, 0) is 18.9 Å². The lowest BCUT2D eigenvalue weighted by atomic mass is 10.2. The van der Waals surface area contributed by atoms with Crippen molar-refractivity contribution in [3.63, 3.8) is 0 Å². The van der Waals surface area contributed by atoms with Gasteiger partial charge in [-0.25, -0.2) is 8.42 Å². The first-order valence-electron chi connectivity index (χ1n) is 4.98. The first-order valence-corrected chi connectivity index (χ1v) is 6.87. The molecule has 0 aliphatic carbocycles. The molecule has 0 atom stereocenters. The van der Waals surface area contributed by atoms with Crippen molar-refractivity contribution in [2.75, 3.05) is 6.26 Å². The van der Waals surface area contributed by atoms with Crippen LogP contribution < -0.4 is 5.56 Å². The first-order chi connectivity index (χ1) is 7.32. The number of pyridine rings is 1. The molecule has 1 rings (SSSR count). The van der Waals surface area contributed by atoms with Crippen LogP contribution >= 0.6 is 0 Å². The smallest absolute Gasteiger partial charge is 0.272 e. The highest BCUT2D eigenvalue weighted by Crippen LogP contribution is 2.17. The van der Waals surface area contributed by atoms with Gasteiger partial charge in [0, 0.05) is 18.9 Å². The van der Waals surface area contributed by atoms with Crippen molar-refractivity contribution in [2.24, 2.45) is 0 Å². The number of aromatic nitrogens is 1. The minimum Gasteiger partial charge on any atom is -0.494 e. The number of nitrogens with zero attached hydrogens (tertiary/aromatic N) is 1. The summed E-state index contributed by atoms with van der Waals surface area (Å²) in [6, 6.07) is 1.33. The normalized spacial score (nSPS) is 11.7. The lowest BCUT2D eigenvalue weighted by Gasteiger charge is -2.11. The molecule has 0 aliphatic rings. The Morgan fingerprint density at radius 3 is 2.31 bits per heavy atom. The summed E-state index contributed by atoms with van der Waals surface area (Å²) in [5.41, 5.74) is -0.295. The largest absolute Gasteiger partial charge is 0.494 e. The Balaban J connectivity index is 3.78. The van der Waals surface area contributed by atoms with Gasteiger partial charge in [-0.2, -0.15) is 0 Å². The van der Waals surface area contributed by atoms with Gasteiger partial charge in [0.2, 0.25) is 0 Å². The van der Waals surface area contributed by atoms with Gasteiger partial charge in [0.25, 0.3) is 5.56 Å². The monoisotopic (exact) mass is 245 g/mol. The van der Waals surface area contributed by atoms with E-state index in [1.807, 2.05) is 0 Å². The topological polar surface area (TPSA) is 76.4 Å². The maximum Gasteiger partial charge on any atom is 0.272 e. The Bertz CT molecular complexity index is 557. The fourth-order valence-electron chi connectivity index (χ4n) is 1.63. The lowest BCUT2D eigenvalue weighted by molar-refractivity contribution is 0.407. The summed E-state index contributed by atoms with van der Waals surface area (Å²) >= 11 is 0. The van der Waals surface area contributed by atoms with Crippen LogP contribution in [0.5, 0.6) is 5.88 Å². The van der Waals surface area contributed by atoms with E-state index in [-0.39, 0.29) is 17.3 Å². The standard InChI is InChI=1S/C10H15NO4S/c1-4-7-6-8(12)11(5-2)10(13)9(7)16(3,14)15/h6,12H,4-5H2,1-3H3. The van der Waals surface area contributed by atoms with Crippen LogP contribution in [0.3, 0.4) is 0 Å². The predicted molar refractivity (Wildman–Crippen MR) is 60.5 cm³/mol. The third kappa shape index (κ3) is 2.11. The summed E-state index contributed by atoms with van der Waals surface area (Å²) < 4.78 is 24.1. The molecule has 1 N–H and O–H groups in total. The SMILES string of the molecule is CCc1cc(O)n(CC)c(=O)c1S(C)(=O)=O. The maximum absolute atomic E-state index is 11.9. The number of aryl methyl sites for hydroxylation is 1. The van der Waals surface area contributed by atoms with Gasteiger partial charge in [0.1, 0.15) is 4.90 Å². The molecular formula is C10H15NO4S. The molecule has 90 valence electrons. The second kappa shape index (κ2) is 4.29. The average Bonchev–Trinajstić information content (AvgIpc) is 2.15. The Morgan fingerprint density at radius 2 is 1.94 bits per heavy atom. The van der Waals surface area contributed by atoms with Gasteiger partial charge < -0.3 is 5.11 Å². The van der Waals surface area contributed by atoms with Crippen LogP contribution in [-0.4, -0.2) is 24.3 Å². The number of aromatic hydroxyl groups is 1. The highest BCUT2D eigenvalue weighted by molar-refractivity contribution is 7.90. The second-order valence-corrected chi connectivity index (χ2v) is 5.48. The minimum absolute atomic E-state index is 0.197. The zero-order chi connectivity index (χ0) is 12.5. The summed E-state index contributed by atoms with van der Waals surface area (Å²) in [7, 11) is -3.57. The summed E-state index contributed by atoms with van der Waals surface area (Å²) in [5.74, 6) is -0.197. The van der Waals surface area contributed by atoms with Crippen molar-refractivity contribution in [2.45, 2.75) is 31.7 Å². The predicted octanol–water partition coefficient (Wildman–Crippen LogP) is 0.540. The highest BCUT2D eigenvalue weighted by atomic mass is 32.2. The van der Waals surface area contributed by atoms with E-state index in [1.54, 1.807) is 13.8 Å². The number of hydrogen-bond acceptors (Lipinski definition) is 4. The molecule has 0 unspecified atom stereocenters. The van der Waals surface area contributed by atoms with Crippen molar-refractivity contribution in [3.8, 4) is 5.88 Å². The van der Waals surface area contributed by atoms with E-state index in [0.717, 1.165) is 10.8 Å². The van der Waals surface area contributed by atoms with E-state index in [4.69, 9.17) is 0 Å². The number of sulfone groups is 1. The molecule has 0 aromatic carbocycles. The third-order valence-electron chi connectivity index (χ3n) is 2.38. The van der Waals surface area contributed by atoms with Gasteiger partial charge in [-0.3, -0.25) is 9.36 Å². The number of rotatable bonds is 3. The molecule has 1 aromatic rings. The highest BCUT2D eigenvalue weighted by Gasteiger charge is 2.20. The molecule has 0 aliphatic heterocycles.